The lowest BCUT2D eigenvalue weighted by Crippen LogP contribution is -2.40. The molecule has 1 saturated carbocycles. The quantitative estimate of drug-likeness (QED) is 0.307. The highest BCUT2D eigenvalue weighted by Gasteiger charge is 2.34. The minimum atomic E-state index is -0.602. The Morgan fingerprint density at radius 2 is 2.20 bits per heavy atom. The molecule has 0 radical (unpaired) electrons. The number of guanidine groups is 1. The van der Waals surface area contributed by atoms with Gasteiger partial charge in [-0.15, -0.1) is 35.3 Å². The molecule has 25 heavy (non-hydrogen) atoms. The predicted octanol–water partition coefficient (Wildman–Crippen LogP) is 3.09. The number of aliphatic hydroxyl groups excluding tert-OH is 1. The number of nitrogens with one attached hydrogen (secondary N) is 2. The Labute approximate surface area is 176 Å². The van der Waals surface area contributed by atoms with Crippen LogP contribution in [0.3, 0.4) is 0 Å². The summed E-state index contributed by atoms with van der Waals surface area (Å²) in [5, 5.41) is 16.9. The van der Waals surface area contributed by atoms with Crippen LogP contribution in [0.5, 0.6) is 0 Å². The van der Waals surface area contributed by atoms with E-state index in [1.165, 1.54) is 43.7 Å². The van der Waals surface area contributed by atoms with Gasteiger partial charge in [0.05, 0.1) is 10.9 Å². The second kappa shape index (κ2) is 10.3. The average molecular weight is 499 g/mol. The predicted molar refractivity (Wildman–Crippen MR) is 116 cm³/mol. The van der Waals surface area contributed by atoms with E-state index < -0.39 is 6.10 Å². The highest BCUT2D eigenvalue weighted by atomic mass is 127. The van der Waals surface area contributed by atoms with E-state index in [2.05, 4.69) is 27.4 Å². The Bertz CT molecular complexity index is 567. The molecule has 0 amide bonds. The number of likely N-dealkylation sites (tertiary alicyclic amines) is 1. The molecule has 1 aliphatic heterocycles. The summed E-state index contributed by atoms with van der Waals surface area (Å²) in [7, 11) is 0. The van der Waals surface area contributed by atoms with E-state index >= 15 is 0 Å². The Morgan fingerprint density at radius 1 is 1.40 bits per heavy atom. The van der Waals surface area contributed by atoms with Crippen LogP contribution in [0.25, 0.3) is 0 Å². The normalized spacial score (nSPS) is 22.5. The molecular weight excluding hydrogens is 471 g/mol. The Hall–Kier alpha value is -0.0900. The van der Waals surface area contributed by atoms with Crippen LogP contribution in [0.1, 0.15) is 37.2 Å². The van der Waals surface area contributed by atoms with Crippen molar-refractivity contribution in [2.45, 2.75) is 38.3 Å². The molecule has 0 aromatic carbocycles. The largest absolute Gasteiger partial charge is 0.386 e. The van der Waals surface area contributed by atoms with Crippen LogP contribution in [-0.4, -0.2) is 54.7 Å². The second-order valence-electron chi connectivity index (χ2n) is 6.64. The summed E-state index contributed by atoms with van der Waals surface area (Å²) >= 11 is 7.32. The van der Waals surface area contributed by atoms with Gasteiger partial charge in [0.15, 0.2) is 5.96 Å². The van der Waals surface area contributed by atoms with E-state index in [1.807, 2.05) is 12.1 Å². The third-order valence-corrected chi connectivity index (χ3v) is 5.96. The van der Waals surface area contributed by atoms with E-state index in [4.69, 9.17) is 11.6 Å². The van der Waals surface area contributed by atoms with Crippen LogP contribution in [0.15, 0.2) is 17.1 Å². The maximum atomic E-state index is 10.2. The lowest BCUT2D eigenvalue weighted by molar-refractivity contribution is 0.191. The van der Waals surface area contributed by atoms with E-state index in [0.717, 1.165) is 30.0 Å². The van der Waals surface area contributed by atoms with Gasteiger partial charge in [-0.2, -0.15) is 0 Å². The van der Waals surface area contributed by atoms with E-state index in [1.54, 1.807) is 0 Å². The number of thiophene rings is 1. The number of hydrogen-bond donors (Lipinski definition) is 3. The molecule has 2 heterocycles. The molecule has 2 atom stereocenters. The molecule has 2 unspecified atom stereocenters. The molecule has 1 saturated heterocycles. The zero-order valence-corrected chi connectivity index (χ0v) is 18.5. The van der Waals surface area contributed by atoms with Gasteiger partial charge in [0, 0.05) is 30.6 Å². The second-order valence-corrected chi connectivity index (χ2v) is 8.39. The Morgan fingerprint density at radius 3 is 2.84 bits per heavy atom. The third kappa shape index (κ3) is 6.53. The monoisotopic (exact) mass is 498 g/mol. The summed E-state index contributed by atoms with van der Waals surface area (Å²) in [6.07, 6.45) is 3.43. The van der Waals surface area contributed by atoms with Crippen molar-refractivity contribution >= 4 is 52.9 Å². The van der Waals surface area contributed by atoms with E-state index in [9.17, 15) is 5.11 Å². The van der Waals surface area contributed by atoms with Gasteiger partial charge in [-0.05, 0) is 50.8 Å². The van der Waals surface area contributed by atoms with Crippen molar-refractivity contribution in [2.24, 2.45) is 10.9 Å². The van der Waals surface area contributed by atoms with Crippen molar-refractivity contribution in [2.75, 3.05) is 32.7 Å². The SMILES string of the molecule is CCNC(=NCC(O)c1ccc(Cl)s1)NCC1CCN(C2CC2)C1.I. The number of rotatable bonds is 7. The van der Waals surface area contributed by atoms with Crippen LogP contribution < -0.4 is 10.6 Å². The molecule has 1 aromatic rings. The van der Waals surface area contributed by atoms with Crippen LogP contribution in [0.2, 0.25) is 4.34 Å². The van der Waals surface area contributed by atoms with Gasteiger partial charge in [0.25, 0.3) is 0 Å². The first-order valence-electron chi connectivity index (χ1n) is 8.85. The van der Waals surface area contributed by atoms with Gasteiger partial charge in [-0.25, -0.2) is 0 Å². The zero-order chi connectivity index (χ0) is 16.9. The number of aliphatic imine (C=N–C) groups is 1. The Balaban J connectivity index is 0.00000225. The first-order chi connectivity index (χ1) is 11.7. The van der Waals surface area contributed by atoms with Crippen LogP contribution in [-0.2, 0) is 0 Å². The van der Waals surface area contributed by atoms with Gasteiger partial charge >= 0.3 is 0 Å². The summed E-state index contributed by atoms with van der Waals surface area (Å²) in [6.45, 7) is 6.58. The highest BCUT2D eigenvalue weighted by molar-refractivity contribution is 14.0. The molecule has 3 N–H and O–H groups in total. The fraction of sp³-hybridized carbons (Fsp3) is 0.706. The van der Waals surface area contributed by atoms with Crippen LogP contribution in [0, 0.1) is 5.92 Å². The first kappa shape index (κ1) is 21.2. The van der Waals surface area contributed by atoms with Crippen LogP contribution >= 0.6 is 46.9 Å². The van der Waals surface area contributed by atoms with Gasteiger partial charge in [0.2, 0.25) is 0 Å². The van der Waals surface area contributed by atoms with Crippen molar-refractivity contribution in [3.05, 3.63) is 21.3 Å². The maximum Gasteiger partial charge on any atom is 0.191 e. The van der Waals surface area contributed by atoms with Crippen LogP contribution in [0.4, 0.5) is 0 Å². The summed E-state index contributed by atoms with van der Waals surface area (Å²) in [5.74, 6) is 1.47. The van der Waals surface area contributed by atoms with E-state index in [-0.39, 0.29) is 24.0 Å². The van der Waals surface area contributed by atoms with Crippen molar-refractivity contribution in [1.29, 1.82) is 0 Å². The van der Waals surface area contributed by atoms with Gasteiger partial charge in [0.1, 0.15) is 6.10 Å². The molecule has 3 rings (SSSR count). The van der Waals surface area contributed by atoms with E-state index in [0.29, 0.717) is 16.8 Å². The summed E-state index contributed by atoms with van der Waals surface area (Å²) in [5.41, 5.74) is 0. The minimum Gasteiger partial charge on any atom is -0.386 e. The van der Waals surface area contributed by atoms with Crippen molar-refractivity contribution in [1.82, 2.24) is 15.5 Å². The average Bonchev–Trinajstić information content (AvgIpc) is 3.15. The summed E-state index contributed by atoms with van der Waals surface area (Å²) in [4.78, 5) is 8.00. The Kier molecular flexibility index (Phi) is 8.74. The zero-order valence-electron chi connectivity index (χ0n) is 14.6. The standard InChI is InChI=1S/C17H27ClN4OS.HI/c1-2-19-17(21-10-14(23)15-5-6-16(18)24-15)20-9-12-7-8-22(11-12)13-3-4-13;/h5-6,12-14,23H,2-4,7-11H2,1H3,(H2,19,20,21);1H. The van der Waals surface area contributed by atoms with Crippen molar-refractivity contribution in [3.8, 4) is 0 Å². The molecule has 142 valence electrons. The molecule has 0 spiro atoms. The summed E-state index contributed by atoms with van der Waals surface area (Å²) < 4.78 is 0.694. The highest BCUT2D eigenvalue weighted by Crippen LogP contribution is 2.31. The number of aliphatic hydroxyl groups is 1. The molecular formula is C17H28ClIN4OS. The first-order valence-corrected chi connectivity index (χ1v) is 10.0. The van der Waals surface area contributed by atoms with Gasteiger partial charge in [-0.1, -0.05) is 11.6 Å². The van der Waals surface area contributed by atoms with Crippen molar-refractivity contribution < 1.29 is 5.11 Å². The third-order valence-electron chi connectivity index (χ3n) is 4.63. The maximum absolute atomic E-state index is 10.2. The fourth-order valence-electron chi connectivity index (χ4n) is 3.16. The lowest BCUT2D eigenvalue weighted by atomic mass is 10.1. The number of nitrogens with zero attached hydrogens (tertiary/aromatic N) is 2. The summed E-state index contributed by atoms with van der Waals surface area (Å²) in [6, 6.07) is 4.53. The molecule has 0 bridgehead atoms. The topological polar surface area (TPSA) is 59.9 Å². The van der Waals surface area contributed by atoms with Gasteiger partial charge in [-0.3, -0.25) is 4.99 Å². The molecule has 1 aromatic heterocycles. The number of halogens is 2. The molecule has 1 aliphatic carbocycles. The van der Waals surface area contributed by atoms with Crippen molar-refractivity contribution in [3.63, 3.8) is 0 Å². The van der Waals surface area contributed by atoms with Gasteiger partial charge < -0.3 is 20.6 Å². The number of hydrogen-bond acceptors (Lipinski definition) is 4. The molecule has 2 fully saturated rings. The smallest absolute Gasteiger partial charge is 0.191 e. The fourth-order valence-corrected chi connectivity index (χ4v) is 4.20. The molecule has 8 heteroatoms. The molecule has 5 nitrogen and oxygen atoms in total. The lowest BCUT2D eigenvalue weighted by Gasteiger charge is -2.17. The minimum absolute atomic E-state index is 0. The molecule has 2 aliphatic rings.